The number of alkyl halides is 2. The first-order chi connectivity index (χ1) is 17.4. The monoisotopic (exact) mass is 651 g/mol. The Hall–Kier alpha value is -1.06. The van der Waals surface area contributed by atoms with Crippen LogP contribution in [0.25, 0.3) is 0 Å². The van der Waals surface area contributed by atoms with Crippen LogP contribution in [0.5, 0.6) is 0 Å². The maximum atomic E-state index is 11.3. The van der Waals surface area contributed by atoms with Crippen LogP contribution in [0.1, 0.15) is 13.3 Å². The van der Waals surface area contributed by atoms with Gasteiger partial charge >= 0.3 is 207 Å². The number of fused-ring (bicyclic) bond motifs is 1. The second-order valence-corrected chi connectivity index (χ2v) is 11.7. The quantitative estimate of drug-likeness (QED) is 0.0700. The van der Waals surface area contributed by atoms with Crippen molar-refractivity contribution in [2.45, 2.75) is 90.6 Å². The van der Waals surface area contributed by atoms with Crippen LogP contribution >= 0.6 is 0 Å². The van der Waals surface area contributed by atoms with Gasteiger partial charge in [-0.1, -0.05) is 0 Å². The van der Waals surface area contributed by atoms with E-state index >= 15 is 0 Å². The first-order valence-electron chi connectivity index (χ1n) is 11.5. The number of epoxide rings is 1. The molecule has 0 aromatic heterocycles. The Morgan fingerprint density at radius 3 is 2.51 bits per heavy atom. The summed E-state index contributed by atoms with van der Waals surface area (Å²) in [6.45, 7) is 0.645. The molecule has 0 radical (unpaired) electrons. The van der Waals surface area contributed by atoms with Crippen LogP contribution in [-0.2, 0) is 38.0 Å². The topological polar surface area (TPSA) is 227 Å². The average molecular weight is 651 g/mol. The van der Waals surface area contributed by atoms with Gasteiger partial charge in [0.2, 0.25) is 0 Å². The van der Waals surface area contributed by atoms with Gasteiger partial charge < -0.3 is 10.2 Å². The first kappa shape index (κ1) is 28.9. The Kier molecular flexibility index (Phi) is 8.76. The molecule has 0 bridgehead atoms. The van der Waals surface area contributed by atoms with E-state index in [1.807, 2.05) is 4.93 Å². The number of hydrogen-bond acceptors (Lipinski definition) is 14. The van der Waals surface area contributed by atoms with Gasteiger partial charge in [-0.05, 0) is 0 Å². The minimum absolute atomic E-state index is 0.335. The van der Waals surface area contributed by atoms with Crippen molar-refractivity contribution in [2.24, 2.45) is 0 Å². The number of methoxy groups -OCH3 is 1. The summed E-state index contributed by atoms with van der Waals surface area (Å²) in [5, 5.41) is 71.2. The fraction of sp³-hybridized carbons (Fsp3) is 0.857. The summed E-state index contributed by atoms with van der Waals surface area (Å²) in [6.07, 6.45) is -13.7. The molecule has 37 heavy (non-hydrogen) atoms. The summed E-state index contributed by atoms with van der Waals surface area (Å²) >= 11 is -0.513. The summed E-state index contributed by atoms with van der Waals surface area (Å²) in [5.74, 6) is -3.40. The van der Waals surface area contributed by atoms with Gasteiger partial charge in [0.1, 0.15) is 0 Å². The Morgan fingerprint density at radius 2 is 1.92 bits per heavy atom. The van der Waals surface area contributed by atoms with Crippen LogP contribution in [0, 0.1) is 0 Å². The molecular weight excluding hydrogens is 619 g/mol. The van der Waals surface area contributed by atoms with Gasteiger partial charge in [0.15, 0.2) is 0 Å². The number of aliphatic carboxylic acids is 1. The first-order valence-corrected chi connectivity index (χ1v) is 14.9. The Morgan fingerprint density at radius 1 is 1.22 bits per heavy atom. The molecule has 13 atom stereocenters. The van der Waals surface area contributed by atoms with Gasteiger partial charge in [-0.2, -0.15) is 0 Å². The summed E-state index contributed by atoms with van der Waals surface area (Å²) in [6, 6.07) is 0. The molecule has 0 aliphatic carbocycles. The van der Waals surface area contributed by atoms with Crippen molar-refractivity contribution in [1.82, 2.24) is 0 Å². The molecule has 0 saturated carbocycles. The summed E-state index contributed by atoms with van der Waals surface area (Å²) in [7, 11) is 1.50. The molecule has 7 N–H and O–H groups in total. The molecule has 4 aliphatic heterocycles. The number of carboxylic acids is 1. The molecule has 0 aromatic rings. The Labute approximate surface area is 221 Å². The molecule has 0 aromatic carbocycles. The SMILES string of the molecule is COC1C(O[C@H]2OC(COC3=C(O)C(O)C(O)C(C(=O)O)O3)C(O)(C(C)O)CC2O)[C@H]([I-]C)OC2O[C@@H]21. The molecule has 16 heteroatoms. The number of rotatable bonds is 9. The normalized spacial score (nSPS) is 46.6. The molecule has 3 saturated heterocycles. The molecule has 4 aliphatic rings. The van der Waals surface area contributed by atoms with Crippen molar-refractivity contribution in [3.63, 3.8) is 0 Å². The zero-order valence-corrected chi connectivity index (χ0v) is 22.3. The van der Waals surface area contributed by atoms with E-state index in [9.17, 15) is 40.5 Å². The number of hydrogen-bond donors (Lipinski definition) is 7. The number of halogens is 1. The Bertz CT molecular complexity index is 871. The van der Waals surface area contributed by atoms with E-state index in [0.717, 1.165) is 0 Å². The molecule has 3 fully saturated rings. The second-order valence-electron chi connectivity index (χ2n) is 9.20. The zero-order valence-electron chi connectivity index (χ0n) is 20.1. The number of aliphatic hydroxyl groups excluding tert-OH is 5. The van der Waals surface area contributed by atoms with Crippen LogP contribution in [0.3, 0.4) is 0 Å². The maximum absolute atomic E-state index is 11.3. The minimum atomic E-state index is -2.06. The zero-order chi connectivity index (χ0) is 27.2. The molecule has 10 unspecified atom stereocenters. The summed E-state index contributed by atoms with van der Waals surface area (Å²) < 4.78 is 38.8. The molecule has 4 heterocycles. The number of ether oxygens (including phenoxy) is 7. The molecular formula is C21H32IO15-. The fourth-order valence-electron chi connectivity index (χ4n) is 4.56. The van der Waals surface area contributed by atoms with E-state index < -0.39 is 113 Å². The van der Waals surface area contributed by atoms with Gasteiger partial charge in [-0.15, -0.1) is 0 Å². The van der Waals surface area contributed by atoms with Crippen LogP contribution in [0.2, 0.25) is 0 Å². The number of carboxylic acid groups (broad SMARTS) is 1. The molecule has 15 nitrogen and oxygen atoms in total. The number of aliphatic hydroxyl groups is 6. The molecule has 4 rings (SSSR count). The van der Waals surface area contributed by atoms with E-state index in [1.165, 1.54) is 14.0 Å². The Balaban J connectivity index is 1.51. The molecule has 0 spiro atoms. The van der Waals surface area contributed by atoms with E-state index in [4.69, 9.17) is 33.2 Å². The van der Waals surface area contributed by atoms with Crippen LogP contribution in [0.4, 0.5) is 0 Å². The van der Waals surface area contributed by atoms with Crippen molar-refractivity contribution in [3.8, 4) is 0 Å². The van der Waals surface area contributed by atoms with E-state index in [1.54, 1.807) is 0 Å². The van der Waals surface area contributed by atoms with Gasteiger partial charge in [0.05, 0.1) is 0 Å². The standard InChI is InChI=1S/C21H32IO15/c1-6(23)21(30)4-7(24)18(35-14-13(31-3)15-20(36-15)37-16(14)22-2)33-8(21)5-32-19-11(27)9(25)10(26)12(34-19)17(28)29/h6-10,12-16,18,20,23-27,30H,4-5H2,1-3H3,(H,28,29)/q-1/t6?,7?,8?,9?,10?,12?,13?,14?,15-,16-,18-,20?,21?/m1/s1. The van der Waals surface area contributed by atoms with E-state index in [-0.39, 0.29) is 16.5 Å². The predicted octanol–water partition coefficient (Wildman–Crippen LogP) is -6.28. The predicted molar refractivity (Wildman–Crippen MR) is 111 cm³/mol. The second kappa shape index (κ2) is 11.2. The summed E-state index contributed by atoms with van der Waals surface area (Å²) in [4.78, 5) is 13.3. The van der Waals surface area contributed by atoms with Crippen molar-refractivity contribution in [2.75, 3.05) is 18.6 Å². The number of carbonyl (C=O) groups is 1. The third-order valence-corrected chi connectivity index (χ3v) is 9.06. The van der Waals surface area contributed by atoms with Crippen molar-refractivity contribution in [3.05, 3.63) is 11.7 Å². The van der Waals surface area contributed by atoms with Crippen molar-refractivity contribution >= 4 is 5.97 Å². The fourth-order valence-corrected chi connectivity index (χ4v) is 6.43. The van der Waals surface area contributed by atoms with E-state index in [2.05, 4.69) is 0 Å². The van der Waals surface area contributed by atoms with Crippen molar-refractivity contribution in [1.29, 1.82) is 0 Å². The summed E-state index contributed by atoms with van der Waals surface area (Å²) in [5.41, 5.74) is -2.06. The van der Waals surface area contributed by atoms with Gasteiger partial charge in [0, 0.05) is 0 Å². The van der Waals surface area contributed by atoms with Crippen molar-refractivity contribution < 1.29 is 94.9 Å². The van der Waals surface area contributed by atoms with Gasteiger partial charge in [0.25, 0.3) is 0 Å². The van der Waals surface area contributed by atoms with Gasteiger partial charge in [-0.3, -0.25) is 0 Å². The van der Waals surface area contributed by atoms with Crippen LogP contribution in [-0.4, -0.2) is 138 Å². The van der Waals surface area contributed by atoms with Crippen LogP contribution < -0.4 is 21.2 Å². The molecule has 214 valence electrons. The van der Waals surface area contributed by atoms with Gasteiger partial charge in [-0.25, -0.2) is 4.79 Å². The third kappa shape index (κ3) is 5.51. The molecule has 0 amide bonds. The van der Waals surface area contributed by atoms with Crippen LogP contribution in [0.15, 0.2) is 11.7 Å². The third-order valence-electron chi connectivity index (χ3n) is 6.83. The van der Waals surface area contributed by atoms with E-state index in [0.29, 0.717) is 0 Å². The average Bonchev–Trinajstić information content (AvgIpc) is 3.62.